The summed E-state index contributed by atoms with van der Waals surface area (Å²) in [4.78, 5) is 12.9. The molecule has 0 radical (unpaired) electrons. The van der Waals surface area contributed by atoms with Crippen LogP contribution in [0.4, 0.5) is 5.69 Å². The largest absolute Gasteiger partial charge is 0.497 e. The summed E-state index contributed by atoms with van der Waals surface area (Å²) in [6, 6.07) is 14.8. The van der Waals surface area contributed by atoms with Crippen LogP contribution < -0.4 is 10.1 Å². The van der Waals surface area contributed by atoms with Crippen molar-refractivity contribution in [2.45, 2.75) is 11.8 Å². The van der Waals surface area contributed by atoms with E-state index in [4.69, 9.17) is 16.3 Å². The fourth-order valence-corrected chi connectivity index (χ4v) is 3.09. The zero-order chi connectivity index (χ0) is 16.4. The van der Waals surface area contributed by atoms with Crippen molar-refractivity contribution in [2.75, 3.05) is 12.4 Å². The minimum atomic E-state index is -0.549. The molecule has 4 heteroatoms. The van der Waals surface area contributed by atoms with E-state index in [1.54, 1.807) is 7.11 Å². The van der Waals surface area contributed by atoms with Crippen LogP contribution in [-0.4, -0.2) is 13.0 Å². The quantitative estimate of drug-likeness (QED) is 0.825. The minimum absolute atomic E-state index is 0.0186. The smallest absolute Gasteiger partial charge is 0.235 e. The first kappa shape index (κ1) is 15.6. The van der Waals surface area contributed by atoms with E-state index in [1.807, 2.05) is 54.6 Å². The zero-order valence-electron chi connectivity index (χ0n) is 12.9. The van der Waals surface area contributed by atoms with Gasteiger partial charge in [0.1, 0.15) is 5.75 Å². The molecule has 1 aliphatic rings. The lowest BCUT2D eigenvalue weighted by Crippen LogP contribution is -2.29. The molecule has 1 saturated carbocycles. The molecular formula is C19H18ClNO2. The van der Waals surface area contributed by atoms with E-state index >= 15 is 0 Å². The Morgan fingerprint density at radius 3 is 2.43 bits per heavy atom. The SMILES string of the molecule is C=CC1CC1(C(=O)Nc1ccc(OC)cc1)c1ccc(Cl)cc1. The Morgan fingerprint density at radius 1 is 1.26 bits per heavy atom. The molecule has 3 nitrogen and oxygen atoms in total. The first-order valence-corrected chi connectivity index (χ1v) is 7.82. The normalized spacial score (nSPS) is 22.3. The number of rotatable bonds is 5. The average Bonchev–Trinajstić information content (AvgIpc) is 3.32. The molecule has 2 unspecified atom stereocenters. The van der Waals surface area contributed by atoms with E-state index in [1.165, 1.54) is 0 Å². The van der Waals surface area contributed by atoms with Crippen molar-refractivity contribution in [2.24, 2.45) is 5.92 Å². The molecule has 0 heterocycles. The molecule has 1 aliphatic carbocycles. The molecule has 2 atom stereocenters. The molecular weight excluding hydrogens is 310 g/mol. The predicted octanol–water partition coefficient (Wildman–Crippen LogP) is 4.43. The van der Waals surface area contributed by atoms with E-state index in [9.17, 15) is 4.79 Å². The van der Waals surface area contributed by atoms with E-state index < -0.39 is 5.41 Å². The van der Waals surface area contributed by atoms with Crippen molar-refractivity contribution in [3.05, 3.63) is 71.8 Å². The van der Waals surface area contributed by atoms with Crippen LogP contribution in [0.2, 0.25) is 5.02 Å². The molecule has 0 saturated heterocycles. The molecule has 118 valence electrons. The minimum Gasteiger partial charge on any atom is -0.497 e. The van der Waals surface area contributed by atoms with Crippen LogP contribution in [0.5, 0.6) is 5.75 Å². The van der Waals surface area contributed by atoms with Crippen LogP contribution in [0.25, 0.3) is 0 Å². The van der Waals surface area contributed by atoms with Gasteiger partial charge in [0, 0.05) is 10.7 Å². The summed E-state index contributed by atoms with van der Waals surface area (Å²) in [6.07, 6.45) is 2.61. The molecule has 0 aromatic heterocycles. The van der Waals surface area contributed by atoms with Gasteiger partial charge in [0.15, 0.2) is 0 Å². The number of amides is 1. The van der Waals surface area contributed by atoms with Crippen LogP contribution in [0.15, 0.2) is 61.2 Å². The van der Waals surface area contributed by atoms with Crippen molar-refractivity contribution in [1.82, 2.24) is 0 Å². The van der Waals surface area contributed by atoms with Gasteiger partial charge in [-0.1, -0.05) is 29.8 Å². The number of nitrogens with one attached hydrogen (secondary N) is 1. The number of hydrogen-bond donors (Lipinski definition) is 1. The van der Waals surface area contributed by atoms with E-state index in [2.05, 4.69) is 11.9 Å². The molecule has 0 spiro atoms. The van der Waals surface area contributed by atoms with Crippen LogP contribution in [0.3, 0.4) is 0 Å². The highest BCUT2D eigenvalue weighted by Gasteiger charge is 2.59. The summed E-state index contributed by atoms with van der Waals surface area (Å²) >= 11 is 5.96. The van der Waals surface area contributed by atoms with Gasteiger partial charge in [-0.3, -0.25) is 4.79 Å². The Balaban J connectivity index is 1.85. The van der Waals surface area contributed by atoms with Gasteiger partial charge in [-0.2, -0.15) is 0 Å². The number of benzene rings is 2. The Morgan fingerprint density at radius 2 is 1.91 bits per heavy atom. The third kappa shape index (κ3) is 2.84. The van der Waals surface area contributed by atoms with Gasteiger partial charge in [-0.05, 0) is 54.3 Å². The summed E-state index contributed by atoms with van der Waals surface area (Å²) in [5.41, 5.74) is 1.17. The van der Waals surface area contributed by atoms with Gasteiger partial charge in [-0.15, -0.1) is 6.58 Å². The van der Waals surface area contributed by atoms with Gasteiger partial charge in [0.2, 0.25) is 5.91 Å². The monoisotopic (exact) mass is 327 g/mol. The van der Waals surface area contributed by atoms with Crippen molar-refractivity contribution >= 4 is 23.2 Å². The fourth-order valence-electron chi connectivity index (χ4n) is 2.96. The second-order valence-corrected chi connectivity index (χ2v) is 6.14. The first-order chi connectivity index (χ1) is 11.1. The molecule has 23 heavy (non-hydrogen) atoms. The molecule has 2 aromatic rings. The Hall–Kier alpha value is -2.26. The number of halogens is 1. The van der Waals surface area contributed by atoms with Crippen LogP contribution in [0, 0.1) is 5.92 Å². The Labute approximate surface area is 140 Å². The molecule has 0 bridgehead atoms. The van der Waals surface area contributed by atoms with Gasteiger partial charge in [0.25, 0.3) is 0 Å². The molecule has 0 aliphatic heterocycles. The van der Waals surface area contributed by atoms with Gasteiger partial charge in [0.05, 0.1) is 12.5 Å². The highest BCUT2D eigenvalue weighted by molar-refractivity contribution is 6.30. The average molecular weight is 328 g/mol. The summed E-state index contributed by atoms with van der Waals surface area (Å²) < 4.78 is 5.13. The highest BCUT2D eigenvalue weighted by Crippen LogP contribution is 2.55. The number of carbonyl (C=O) groups excluding carboxylic acids is 1. The third-order valence-electron chi connectivity index (χ3n) is 4.41. The van der Waals surface area contributed by atoms with Gasteiger partial charge >= 0.3 is 0 Å². The van der Waals surface area contributed by atoms with Crippen molar-refractivity contribution in [1.29, 1.82) is 0 Å². The molecule has 1 N–H and O–H groups in total. The van der Waals surface area contributed by atoms with Crippen LogP contribution >= 0.6 is 11.6 Å². The summed E-state index contributed by atoms with van der Waals surface area (Å²) in [6.45, 7) is 3.85. The van der Waals surface area contributed by atoms with Gasteiger partial charge in [-0.25, -0.2) is 0 Å². The first-order valence-electron chi connectivity index (χ1n) is 7.44. The number of methoxy groups -OCH3 is 1. The number of hydrogen-bond acceptors (Lipinski definition) is 2. The van der Waals surface area contributed by atoms with E-state index in [0.29, 0.717) is 5.02 Å². The maximum atomic E-state index is 12.9. The highest BCUT2D eigenvalue weighted by atomic mass is 35.5. The lowest BCUT2D eigenvalue weighted by molar-refractivity contribution is -0.118. The second-order valence-electron chi connectivity index (χ2n) is 5.71. The maximum absolute atomic E-state index is 12.9. The predicted molar refractivity (Wildman–Crippen MR) is 93.1 cm³/mol. The van der Waals surface area contributed by atoms with Crippen molar-refractivity contribution < 1.29 is 9.53 Å². The number of anilines is 1. The number of carbonyl (C=O) groups is 1. The lowest BCUT2D eigenvalue weighted by Gasteiger charge is -2.17. The Kier molecular flexibility index (Phi) is 4.14. The van der Waals surface area contributed by atoms with Crippen LogP contribution in [-0.2, 0) is 10.2 Å². The fraction of sp³-hybridized carbons (Fsp3) is 0.211. The summed E-state index contributed by atoms with van der Waals surface area (Å²) in [5.74, 6) is 0.877. The number of ether oxygens (including phenoxy) is 1. The molecule has 3 rings (SSSR count). The summed E-state index contributed by atoms with van der Waals surface area (Å²) in [7, 11) is 1.61. The Bertz CT molecular complexity index is 724. The molecule has 1 amide bonds. The summed E-state index contributed by atoms with van der Waals surface area (Å²) in [5, 5.41) is 3.66. The number of allylic oxidation sites excluding steroid dienone is 1. The topological polar surface area (TPSA) is 38.3 Å². The van der Waals surface area contributed by atoms with Crippen molar-refractivity contribution in [3.63, 3.8) is 0 Å². The van der Waals surface area contributed by atoms with E-state index in [-0.39, 0.29) is 11.8 Å². The third-order valence-corrected chi connectivity index (χ3v) is 4.66. The van der Waals surface area contributed by atoms with Gasteiger partial charge < -0.3 is 10.1 Å². The maximum Gasteiger partial charge on any atom is 0.235 e. The zero-order valence-corrected chi connectivity index (χ0v) is 13.6. The van der Waals surface area contributed by atoms with Crippen LogP contribution in [0.1, 0.15) is 12.0 Å². The molecule has 1 fully saturated rings. The van der Waals surface area contributed by atoms with E-state index in [0.717, 1.165) is 23.4 Å². The molecule has 2 aromatic carbocycles. The standard InChI is InChI=1S/C19H18ClNO2/c1-3-13-12-19(13,14-4-6-15(20)7-5-14)18(22)21-16-8-10-17(23-2)11-9-16/h3-11,13H,1,12H2,2H3,(H,21,22). The second kappa shape index (κ2) is 6.09. The van der Waals surface area contributed by atoms with Crippen molar-refractivity contribution in [3.8, 4) is 5.75 Å². The lowest BCUT2D eigenvalue weighted by atomic mass is 9.92.